The zero-order valence-electron chi connectivity index (χ0n) is 15.4. The molecule has 0 aliphatic heterocycles. The first-order valence-corrected chi connectivity index (χ1v) is 9.23. The molecule has 5 nitrogen and oxygen atoms in total. The van der Waals surface area contributed by atoms with E-state index in [-0.39, 0.29) is 28.4 Å². The number of hydrogen-bond acceptors (Lipinski definition) is 5. The lowest BCUT2D eigenvalue weighted by Crippen LogP contribution is -2.31. The van der Waals surface area contributed by atoms with Gasteiger partial charge in [-0.3, -0.25) is 4.79 Å². The number of alkyl halides is 3. The topological polar surface area (TPSA) is 75.0 Å². The first-order chi connectivity index (χ1) is 13.2. The molecule has 0 saturated carbocycles. The number of halogens is 3. The molecule has 1 heterocycles. The molecule has 2 aromatic rings. The molecule has 2 rings (SSSR count). The highest BCUT2D eigenvalue weighted by Crippen LogP contribution is 2.38. The minimum atomic E-state index is -4.73. The second kappa shape index (κ2) is 8.97. The number of pyridine rings is 1. The molecule has 0 fully saturated rings. The number of amides is 1. The van der Waals surface area contributed by atoms with Crippen molar-refractivity contribution in [3.8, 4) is 23.1 Å². The summed E-state index contributed by atoms with van der Waals surface area (Å²) < 4.78 is 45.6. The highest BCUT2D eigenvalue weighted by atomic mass is 32.2. The molecule has 0 unspecified atom stereocenters. The molecule has 1 amide bonds. The van der Waals surface area contributed by atoms with Crippen molar-refractivity contribution in [3.05, 3.63) is 41.5 Å². The van der Waals surface area contributed by atoms with Crippen molar-refractivity contribution in [3.63, 3.8) is 0 Å². The lowest BCUT2D eigenvalue weighted by atomic mass is 10.1. The summed E-state index contributed by atoms with van der Waals surface area (Å²) in [5, 5.41) is 11.8. The molecule has 1 aromatic heterocycles. The van der Waals surface area contributed by atoms with E-state index in [1.54, 1.807) is 44.2 Å². The van der Waals surface area contributed by atoms with E-state index in [0.29, 0.717) is 11.3 Å². The van der Waals surface area contributed by atoms with Crippen LogP contribution in [0, 0.1) is 11.3 Å². The van der Waals surface area contributed by atoms with Gasteiger partial charge in [-0.05, 0) is 44.2 Å². The van der Waals surface area contributed by atoms with Crippen LogP contribution in [-0.2, 0) is 11.0 Å². The summed E-state index contributed by atoms with van der Waals surface area (Å²) in [5.41, 5.74) is -1.18. The Hall–Kier alpha value is -2.73. The molecule has 1 N–H and O–H groups in total. The molecule has 0 aliphatic carbocycles. The summed E-state index contributed by atoms with van der Waals surface area (Å²) >= 11 is 0.798. The van der Waals surface area contributed by atoms with Crippen LogP contribution in [-0.4, -0.2) is 29.8 Å². The number of aromatic nitrogens is 1. The molecule has 0 spiro atoms. The number of ether oxygens (including phenoxy) is 1. The monoisotopic (exact) mass is 409 g/mol. The first kappa shape index (κ1) is 21.6. The van der Waals surface area contributed by atoms with Gasteiger partial charge in [0.05, 0.1) is 29.7 Å². The van der Waals surface area contributed by atoms with E-state index in [9.17, 15) is 23.2 Å². The summed E-state index contributed by atoms with van der Waals surface area (Å²) in [6.45, 7) is 3.54. The number of benzene rings is 1. The van der Waals surface area contributed by atoms with Crippen molar-refractivity contribution in [1.82, 2.24) is 10.3 Å². The number of nitriles is 1. The van der Waals surface area contributed by atoms with E-state index in [4.69, 9.17) is 4.74 Å². The van der Waals surface area contributed by atoms with Crippen molar-refractivity contribution in [2.45, 2.75) is 31.1 Å². The lowest BCUT2D eigenvalue weighted by molar-refractivity contribution is -0.138. The van der Waals surface area contributed by atoms with Gasteiger partial charge in [-0.1, -0.05) is 11.8 Å². The van der Waals surface area contributed by atoms with Crippen molar-refractivity contribution in [2.24, 2.45) is 0 Å². The zero-order valence-corrected chi connectivity index (χ0v) is 16.2. The standard InChI is InChI=1S/C19H18F3N3O2S/c1-11(2)24-17(26)10-28-18-14(9-23)15(19(20,21)22)8-16(25-18)12-4-6-13(27-3)7-5-12/h4-8,11H,10H2,1-3H3,(H,24,26). The van der Waals surface area contributed by atoms with Crippen LogP contribution in [0.15, 0.2) is 35.4 Å². The van der Waals surface area contributed by atoms with Gasteiger partial charge in [0.25, 0.3) is 0 Å². The Bertz CT molecular complexity index is 891. The largest absolute Gasteiger partial charge is 0.497 e. The third-order valence-corrected chi connectivity index (χ3v) is 4.55. The summed E-state index contributed by atoms with van der Waals surface area (Å²) in [4.78, 5) is 16.1. The number of hydrogen-bond donors (Lipinski definition) is 1. The van der Waals surface area contributed by atoms with E-state index in [2.05, 4.69) is 10.3 Å². The Morgan fingerprint density at radius 3 is 2.46 bits per heavy atom. The average molecular weight is 409 g/mol. The smallest absolute Gasteiger partial charge is 0.417 e. The van der Waals surface area contributed by atoms with Crippen LogP contribution in [0.25, 0.3) is 11.3 Å². The summed E-state index contributed by atoms with van der Waals surface area (Å²) in [6.07, 6.45) is -4.73. The van der Waals surface area contributed by atoms with E-state index in [0.717, 1.165) is 17.8 Å². The average Bonchev–Trinajstić information content (AvgIpc) is 2.64. The normalized spacial score (nSPS) is 11.2. The van der Waals surface area contributed by atoms with Crippen LogP contribution in [0.2, 0.25) is 0 Å². The molecular formula is C19H18F3N3O2S. The Kier molecular flexibility index (Phi) is 6.91. The third kappa shape index (κ3) is 5.39. The molecule has 0 bridgehead atoms. The van der Waals surface area contributed by atoms with Gasteiger partial charge in [-0.15, -0.1) is 0 Å². The highest BCUT2D eigenvalue weighted by Gasteiger charge is 2.36. The van der Waals surface area contributed by atoms with Gasteiger partial charge in [-0.25, -0.2) is 4.98 Å². The second-order valence-corrected chi connectivity index (χ2v) is 7.05. The number of methoxy groups -OCH3 is 1. The fourth-order valence-electron chi connectivity index (χ4n) is 2.36. The number of carbonyl (C=O) groups excluding carboxylic acids is 1. The molecule has 1 aromatic carbocycles. The van der Waals surface area contributed by atoms with E-state index in [1.807, 2.05) is 0 Å². The van der Waals surface area contributed by atoms with Crippen molar-refractivity contribution in [2.75, 3.05) is 12.9 Å². The van der Waals surface area contributed by atoms with Gasteiger partial charge in [0.1, 0.15) is 16.8 Å². The Labute approximate surface area is 164 Å². The van der Waals surface area contributed by atoms with Crippen LogP contribution in [0.3, 0.4) is 0 Å². The molecular weight excluding hydrogens is 391 g/mol. The number of nitrogens with one attached hydrogen (secondary N) is 1. The fourth-order valence-corrected chi connectivity index (χ4v) is 3.18. The summed E-state index contributed by atoms with van der Waals surface area (Å²) in [7, 11) is 1.48. The van der Waals surface area contributed by atoms with E-state index >= 15 is 0 Å². The van der Waals surface area contributed by atoms with Gasteiger partial charge in [0.2, 0.25) is 5.91 Å². The molecule has 0 radical (unpaired) electrons. The van der Waals surface area contributed by atoms with Crippen molar-refractivity contribution in [1.29, 1.82) is 5.26 Å². The van der Waals surface area contributed by atoms with E-state index < -0.39 is 17.3 Å². The van der Waals surface area contributed by atoms with Crippen LogP contribution in [0.1, 0.15) is 25.0 Å². The molecule has 28 heavy (non-hydrogen) atoms. The third-order valence-electron chi connectivity index (χ3n) is 3.58. The molecule has 9 heteroatoms. The van der Waals surface area contributed by atoms with E-state index in [1.165, 1.54) is 7.11 Å². The quantitative estimate of drug-likeness (QED) is 0.722. The fraction of sp³-hybridized carbons (Fsp3) is 0.316. The number of thioether (sulfide) groups is 1. The first-order valence-electron chi connectivity index (χ1n) is 8.24. The SMILES string of the molecule is COc1ccc(-c2cc(C(F)(F)F)c(C#N)c(SCC(=O)NC(C)C)n2)cc1. The number of rotatable bonds is 6. The second-order valence-electron chi connectivity index (χ2n) is 6.08. The van der Waals surface area contributed by atoms with Crippen LogP contribution < -0.4 is 10.1 Å². The molecule has 148 valence electrons. The van der Waals surface area contributed by atoms with Crippen LogP contribution in [0.4, 0.5) is 13.2 Å². The minimum absolute atomic E-state index is 0.0562. The minimum Gasteiger partial charge on any atom is -0.497 e. The zero-order chi connectivity index (χ0) is 20.9. The van der Waals surface area contributed by atoms with Gasteiger partial charge in [-0.2, -0.15) is 18.4 Å². The van der Waals surface area contributed by atoms with Crippen LogP contribution >= 0.6 is 11.8 Å². The lowest BCUT2D eigenvalue weighted by Gasteiger charge is -2.15. The maximum absolute atomic E-state index is 13.5. The van der Waals surface area contributed by atoms with Crippen molar-refractivity contribution >= 4 is 17.7 Å². The highest BCUT2D eigenvalue weighted by molar-refractivity contribution is 8.00. The Balaban J connectivity index is 2.49. The van der Waals surface area contributed by atoms with Gasteiger partial charge in [0.15, 0.2) is 0 Å². The molecule has 0 saturated heterocycles. The Morgan fingerprint density at radius 2 is 1.96 bits per heavy atom. The maximum Gasteiger partial charge on any atom is 0.417 e. The predicted molar refractivity (Wildman–Crippen MR) is 99.9 cm³/mol. The van der Waals surface area contributed by atoms with Gasteiger partial charge < -0.3 is 10.1 Å². The van der Waals surface area contributed by atoms with Crippen LogP contribution in [0.5, 0.6) is 5.75 Å². The number of carbonyl (C=O) groups is 1. The summed E-state index contributed by atoms with van der Waals surface area (Å²) in [5.74, 6) is 0.0472. The number of nitrogens with zero attached hydrogens (tertiary/aromatic N) is 2. The molecule has 0 aliphatic rings. The maximum atomic E-state index is 13.5. The summed E-state index contributed by atoms with van der Waals surface area (Å²) in [6, 6.07) is 8.68. The molecule has 0 atom stereocenters. The Morgan fingerprint density at radius 1 is 1.32 bits per heavy atom. The predicted octanol–water partition coefficient (Wildman–Crippen LogP) is 4.26. The van der Waals surface area contributed by atoms with Crippen molar-refractivity contribution < 1.29 is 22.7 Å². The van der Waals surface area contributed by atoms with Gasteiger partial charge in [0, 0.05) is 11.6 Å². The van der Waals surface area contributed by atoms with Gasteiger partial charge >= 0.3 is 6.18 Å².